The lowest BCUT2D eigenvalue weighted by Gasteiger charge is -2.08. The van der Waals surface area contributed by atoms with E-state index in [9.17, 15) is 4.79 Å². The number of methoxy groups -OCH3 is 1. The number of hydrogen-bond donors (Lipinski definition) is 1. The van der Waals surface area contributed by atoms with Crippen molar-refractivity contribution >= 4 is 17.5 Å². The van der Waals surface area contributed by atoms with Gasteiger partial charge in [0.25, 0.3) is 0 Å². The molecule has 0 aliphatic carbocycles. The number of Topliss-reactive ketones (excluding diaryl/α,β-unsaturated/α-hetero) is 1. The highest BCUT2D eigenvalue weighted by molar-refractivity contribution is 7.99. The highest BCUT2D eigenvalue weighted by Gasteiger charge is 2.22. The van der Waals surface area contributed by atoms with Crippen LogP contribution in [-0.2, 0) is 0 Å². The second kappa shape index (κ2) is 4.24. The number of rotatable bonds is 1. The largest absolute Gasteiger partial charge is 0.497 e. The Bertz CT molecular complexity index is 392. The molecule has 1 aliphatic heterocycles. The number of carbonyl (C=O) groups excluding carboxylic acids is 1. The predicted molar refractivity (Wildman–Crippen MR) is 60.6 cm³/mol. The van der Waals surface area contributed by atoms with Gasteiger partial charge in [-0.1, -0.05) is 0 Å². The zero-order valence-electron chi connectivity index (χ0n) is 8.53. The molecule has 1 aromatic carbocycles. The number of hydrogen-bond acceptors (Lipinski definition) is 4. The minimum absolute atomic E-state index is 0.0395. The van der Waals surface area contributed by atoms with Gasteiger partial charge in [0.05, 0.1) is 13.2 Å². The van der Waals surface area contributed by atoms with Gasteiger partial charge in [-0.3, -0.25) is 4.79 Å². The first-order valence-electron chi connectivity index (χ1n) is 4.83. The molecular formula is C11H13NO2S. The van der Waals surface area contributed by atoms with Crippen molar-refractivity contribution in [3.63, 3.8) is 0 Å². The maximum absolute atomic E-state index is 11.9. The van der Waals surface area contributed by atoms with E-state index in [1.54, 1.807) is 31.0 Å². The summed E-state index contributed by atoms with van der Waals surface area (Å²) in [7, 11) is 1.62. The lowest BCUT2D eigenvalue weighted by molar-refractivity contribution is 0.0958. The van der Waals surface area contributed by atoms with Gasteiger partial charge in [-0.2, -0.15) is 0 Å². The van der Waals surface area contributed by atoms with E-state index in [-0.39, 0.29) is 11.8 Å². The molecule has 0 aromatic heterocycles. The molecule has 4 heteroatoms. The number of ether oxygens (including phenoxy) is 1. The molecule has 0 spiro atoms. The van der Waals surface area contributed by atoms with Gasteiger partial charge in [-0.25, -0.2) is 0 Å². The number of ketones is 1. The highest BCUT2D eigenvalue weighted by atomic mass is 32.2. The van der Waals surface area contributed by atoms with E-state index in [4.69, 9.17) is 10.5 Å². The summed E-state index contributed by atoms with van der Waals surface area (Å²) in [5.74, 6) is 1.70. The second-order valence-corrected chi connectivity index (χ2v) is 4.61. The smallest absolute Gasteiger partial charge is 0.180 e. The lowest BCUT2D eigenvalue weighted by Crippen LogP contribution is -2.30. The van der Waals surface area contributed by atoms with E-state index in [1.807, 2.05) is 6.07 Å². The molecule has 1 unspecified atom stereocenters. The van der Waals surface area contributed by atoms with Crippen molar-refractivity contribution in [3.05, 3.63) is 23.8 Å². The summed E-state index contributed by atoms with van der Waals surface area (Å²) in [5, 5.41) is 0. The Balaban J connectivity index is 2.44. The third-order valence-corrected chi connectivity index (χ3v) is 3.57. The molecule has 1 atom stereocenters. The van der Waals surface area contributed by atoms with Gasteiger partial charge in [0.2, 0.25) is 0 Å². The van der Waals surface area contributed by atoms with Crippen LogP contribution in [0.25, 0.3) is 0 Å². The monoisotopic (exact) mass is 223 g/mol. The van der Waals surface area contributed by atoms with Crippen LogP contribution in [-0.4, -0.2) is 24.7 Å². The minimum atomic E-state index is -0.354. The summed E-state index contributed by atoms with van der Waals surface area (Å²) in [6.45, 7) is 0. The molecule has 1 aliphatic rings. The zero-order valence-corrected chi connectivity index (χ0v) is 9.34. The van der Waals surface area contributed by atoms with E-state index in [2.05, 4.69) is 0 Å². The Kier molecular flexibility index (Phi) is 2.98. The van der Waals surface area contributed by atoms with Crippen molar-refractivity contribution in [2.75, 3.05) is 12.9 Å². The van der Waals surface area contributed by atoms with Crippen molar-refractivity contribution in [2.45, 2.75) is 17.4 Å². The molecule has 0 amide bonds. The van der Waals surface area contributed by atoms with E-state index < -0.39 is 0 Å². The summed E-state index contributed by atoms with van der Waals surface area (Å²) in [4.78, 5) is 12.8. The van der Waals surface area contributed by atoms with Crippen LogP contribution in [0.2, 0.25) is 0 Å². The molecule has 0 fully saturated rings. The van der Waals surface area contributed by atoms with Crippen LogP contribution in [0.3, 0.4) is 0 Å². The molecule has 1 aromatic rings. The molecule has 2 rings (SSSR count). The van der Waals surface area contributed by atoms with E-state index in [1.165, 1.54) is 0 Å². The van der Waals surface area contributed by atoms with Crippen LogP contribution in [0.4, 0.5) is 0 Å². The Labute approximate surface area is 93.0 Å². The second-order valence-electron chi connectivity index (χ2n) is 3.47. The van der Waals surface area contributed by atoms with Gasteiger partial charge in [-0.15, -0.1) is 11.8 Å². The standard InChI is InChI=1S/C11H13NO2S/c1-14-7-2-3-8-10(6-7)15-5-4-9(12)11(8)13/h2-3,6,9H,4-5,12H2,1H3. The van der Waals surface area contributed by atoms with Gasteiger partial charge in [0, 0.05) is 10.5 Å². The number of carbonyl (C=O) groups is 1. The van der Waals surface area contributed by atoms with Gasteiger partial charge in [0.1, 0.15) is 5.75 Å². The van der Waals surface area contributed by atoms with Crippen LogP contribution in [0.15, 0.2) is 23.1 Å². The molecular weight excluding hydrogens is 210 g/mol. The summed E-state index contributed by atoms with van der Waals surface area (Å²) >= 11 is 1.67. The molecule has 0 saturated carbocycles. The summed E-state index contributed by atoms with van der Waals surface area (Å²) in [6, 6.07) is 5.15. The number of benzene rings is 1. The highest BCUT2D eigenvalue weighted by Crippen LogP contribution is 2.31. The van der Waals surface area contributed by atoms with Crippen LogP contribution in [0, 0.1) is 0 Å². The third-order valence-electron chi connectivity index (χ3n) is 2.48. The van der Waals surface area contributed by atoms with Crippen LogP contribution < -0.4 is 10.5 Å². The molecule has 1 heterocycles. The van der Waals surface area contributed by atoms with Crippen molar-refractivity contribution in [3.8, 4) is 5.75 Å². The summed E-state index contributed by atoms with van der Waals surface area (Å²) < 4.78 is 5.13. The fourth-order valence-corrected chi connectivity index (χ4v) is 2.69. The fraction of sp³-hybridized carbons (Fsp3) is 0.364. The normalized spacial score (nSPS) is 20.7. The SMILES string of the molecule is COc1ccc2c(c1)SCCC(N)C2=O. The van der Waals surface area contributed by atoms with Crippen molar-refractivity contribution in [1.29, 1.82) is 0 Å². The summed E-state index contributed by atoms with van der Waals surface area (Å²) in [5.41, 5.74) is 6.50. The van der Waals surface area contributed by atoms with Crippen molar-refractivity contribution in [1.82, 2.24) is 0 Å². The van der Waals surface area contributed by atoms with E-state index in [0.29, 0.717) is 0 Å². The van der Waals surface area contributed by atoms with Crippen LogP contribution >= 0.6 is 11.8 Å². The number of fused-ring (bicyclic) bond motifs is 1. The lowest BCUT2D eigenvalue weighted by atomic mass is 10.0. The Morgan fingerprint density at radius 1 is 1.53 bits per heavy atom. The topological polar surface area (TPSA) is 52.3 Å². The van der Waals surface area contributed by atoms with E-state index in [0.717, 1.165) is 28.4 Å². The van der Waals surface area contributed by atoms with E-state index >= 15 is 0 Å². The van der Waals surface area contributed by atoms with Crippen LogP contribution in [0.1, 0.15) is 16.8 Å². The maximum atomic E-state index is 11.9. The number of nitrogens with two attached hydrogens (primary N) is 1. The average molecular weight is 223 g/mol. The third kappa shape index (κ3) is 2.01. The molecule has 0 bridgehead atoms. The van der Waals surface area contributed by atoms with Gasteiger partial charge in [0.15, 0.2) is 5.78 Å². The van der Waals surface area contributed by atoms with Crippen molar-refractivity contribution in [2.24, 2.45) is 5.73 Å². The maximum Gasteiger partial charge on any atom is 0.180 e. The van der Waals surface area contributed by atoms with Gasteiger partial charge in [-0.05, 0) is 30.4 Å². The molecule has 2 N–H and O–H groups in total. The quantitative estimate of drug-likeness (QED) is 0.787. The molecule has 0 radical (unpaired) electrons. The molecule has 80 valence electrons. The van der Waals surface area contributed by atoms with Gasteiger partial charge < -0.3 is 10.5 Å². The zero-order chi connectivity index (χ0) is 10.8. The molecule has 0 saturated heterocycles. The Morgan fingerprint density at radius 2 is 2.33 bits per heavy atom. The fourth-order valence-electron chi connectivity index (χ4n) is 1.58. The first kappa shape index (κ1) is 10.5. The summed E-state index contributed by atoms with van der Waals surface area (Å²) in [6.07, 6.45) is 0.737. The number of thioether (sulfide) groups is 1. The predicted octanol–water partition coefficient (Wildman–Crippen LogP) is 1.70. The first-order valence-corrected chi connectivity index (χ1v) is 5.81. The Morgan fingerprint density at radius 3 is 3.07 bits per heavy atom. The van der Waals surface area contributed by atoms with Gasteiger partial charge >= 0.3 is 0 Å². The first-order chi connectivity index (χ1) is 7.22. The minimum Gasteiger partial charge on any atom is -0.497 e. The van der Waals surface area contributed by atoms with Crippen LogP contribution in [0.5, 0.6) is 5.75 Å². The van der Waals surface area contributed by atoms with Crippen molar-refractivity contribution < 1.29 is 9.53 Å². The molecule has 3 nitrogen and oxygen atoms in total. The molecule has 15 heavy (non-hydrogen) atoms. The average Bonchev–Trinajstić information content (AvgIpc) is 2.40. The Hall–Kier alpha value is -1.00.